The van der Waals surface area contributed by atoms with Gasteiger partial charge in [0.15, 0.2) is 0 Å². The largest absolute Gasteiger partial charge is 0.465 e. The lowest BCUT2D eigenvalue weighted by molar-refractivity contribution is -0.139. The third kappa shape index (κ3) is 3.56. The molecule has 3 nitrogen and oxygen atoms in total. The van der Waals surface area contributed by atoms with Crippen molar-refractivity contribution in [3.63, 3.8) is 0 Å². The van der Waals surface area contributed by atoms with Crippen molar-refractivity contribution < 1.29 is 14.3 Å². The van der Waals surface area contributed by atoms with Crippen LogP contribution in [0.15, 0.2) is 0 Å². The second-order valence-corrected chi connectivity index (χ2v) is 4.59. The van der Waals surface area contributed by atoms with E-state index in [4.69, 9.17) is 9.47 Å². The van der Waals surface area contributed by atoms with E-state index in [1.807, 2.05) is 6.92 Å². The number of ether oxygens (including phenoxy) is 2. The van der Waals surface area contributed by atoms with Crippen LogP contribution in [-0.2, 0) is 14.3 Å². The Labute approximate surface area is 83.2 Å². The van der Waals surface area contributed by atoms with Crippen molar-refractivity contribution in [1.29, 1.82) is 0 Å². The maximum Gasteiger partial charge on any atom is 0.315 e. The fraction of sp³-hybridized carbons (Fsp3) is 0.889. The third-order valence-electron chi connectivity index (χ3n) is 1.88. The van der Waals surface area contributed by atoms with Gasteiger partial charge in [0.05, 0.1) is 25.6 Å². The van der Waals surface area contributed by atoms with Gasteiger partial charge in [0.1, 0.15) is 0 Å². The molecule has 0 aliphatic carbocycles. The van der Waals surface area contributed by atoms with Gasteiger partial charge >= 0.3 is 5.97 Å². The first-order valence-electron chi connectivity index (χ1n) is 4.47. The first-order valence-corrected chi connectivity index (χ1v) is 5.63. The molecule has 76 valence electrons. The SMILES string of the molecule is CCOC(=O)CSCC1(C)COC1. The number of thioether (sulfide) groups is 1. The van der Waals surface area contributed by atoms with Crippen LogP contribution in [0, 0.1) is 5.41 Å². The average molecular weight is 204 g/mol. The van der Waals surface area contributed by atoms with Crippen molar-refractivity contribution in [3.05, 3.63) is 0 Å². The quantitative estimate of drug-likeness (QED) is 0.633. The first-order chi connectivity index (χ1) is 6.16. The summed E-state index contributed by atoms with van der Waals surface area (Å²) in [5, 5.41) is 0. The van der Waals surface area contributed by atoms with Crippen molar-refractivity contribution in [1.82, 2.24) is 0 Å². The number of carbonyl (C=O) groups excluding carboxylic acids is 1. The average Bonchev–Trinajstić information content (AvgIpc) is 2.02. The lowest BCUT2D eigenvalue weighted by atomic mass is 9.92. The van der Waals surface area contributed by atoms with Crippen LogP contribution in [0.3, 0.4) is 0 Å². The normalized spacial score (nSPS) is 19.2. The topological polar surface area (TPSA) is 35.5 Å². The zero-order chi connectivity index (χ0) is 9.73. The molecule has 0 saturated carbocycles. The zero-order valence-electron chi connectivity index (χ0n) is 8.17. The summed E-state index contributed by atoms with van der Waals surface area (Å²) in [5.41, 5.74) is 0.289. The molecule has 1 heterocycles. The fourth-order valence-corrected chi connectivity index (χ4v) is 2.13. The Bertz CT molecular complexity index is 178. The Balaban J connectivity index is 2.03. The summed E-state index contributed by atoms with van der Waals surface area (Å²) < 4.78 is 9.93. The Hall–Kier alpha value is -0.220. The molecule has 4 heteroatoms. The highest BCUT2D eigenvalue weighted by molar-refractivity contribution is 7.99. The molecule has 0 amide bonds. The van der Waals surface area contributed by atoms with Gasteiger partial charge in [0.25, 0.3) is 0 Å². The molecule has 1 rings (SSSR count). The van der Waals surface area contributed by atoms with E-state index in [0.717, 1.165) is 19.0 Å². The smallest absolute Gasteiger partial charge is 0.315 e. The summed E-state index contributed by atoms with van der Waals surface area (Å²) in [6.07, 6.45) is 0. The Morgan fingerprint density at radius 3 is 2.77 bits per heavy atom. The van der Waals surface area contributed by atoms with Gasteiger partial charge in [-0.25, -0.2) is 0 Å². The molecule has 1 fully saturated rings. The Morgan fingerprint density at radius 2 is 2.31 bits per heavy atom. The molecular formula is C9H16O3S. The minimum absolute atomic E-state index is 0.114. The van der Waals surface area contributed by atoms with E-state index in [-0.39, 0.29) is 11.4 Å². The first kappa shape index (κ1) is 10.9. The standard InChI is InChI=1S/C9H16O3S/c1-3-12-8(10)4-13-7-9(2)5-11-6-9/h3-7H2,1-2H3. The molecule has 0 aromatic rings. The van der Waals surface area contributed by atoms with Crippen LogP contribution in [0.5, 0.6) is 0 Å². The number of rotatable bonds is 5. The van der Waals surface area contributed by atoms with Crippen LogP contribution >= 0.6 is 11.8 Å². The van der Waals surface area contributed by atoms with E-state index in [1.54, 1.807) is 11.8 Å². The molecular weight excluding hydrogens is 188 g/mol. The molecule has 0 N–H and O–H groups in total. The maximum atomic E-state index is 11.0. The number of hydrogen-bond donors (Lipinski definition) is 0. The van der Waals surface area contributed by atoms with Gasteiger partial charge in [-0.05, 0) is 6.92 Å². The van der Waals surface area contributed by atoms with Gasteiger partial charge in [-0.3, -0.25) is 4.79 Å². The summed E-state index contributed by atoms with van der Waals surface area (Å²) in [4.78, 5) is 11.0. The monoisotopic (exact) mass is 204 g/mol. The summed E-state index contributed by atoms with van der Waals surface area (Å²) >= 11 is 1.63. The molecule has 0 atom stereocenters. The third-order valence-corrected chi connectivity index (χ3v) is 3.22. The molecule has 0 unspecified atom stereocenters. The van der Waals surface area contributed by atoms with Crippen LogP contribution in [0.1, 0.15) is 13.8 Å². The highest BCUT2D eigenvalue weighted by Gasteiger charge is 2.33. The molecule has 1 aliphatic rings. The summed E-state index contributed by atoms with van der Waals surface area (Å²) in [6, 6.07) is 0. The zero-order valence-corrected chi connectivity index (χ0v) is 8.99. The van der Waals surface area contributed by atoms with Crippen molar-refractivity contribution in [2.24, 2.45) is 5.41 Å². The minimum Gasteiger partial charge on any atom is -0.465 e. The van der Waals surface area contributed by atoms with Crippen molar-refractivity contribution >= 4 is 17.7 Å². The Morgan fingerprint density at radius 1 is 1.62 bits per heavy atom. The van der Waals surface area contributed by atoms with E-state index >= 15 is 0 Å². The van der Waals surface area contributed by atoms with E-state index in [1.165, 1.54) is 0 Å². The van der Waals surface area contributed by atoms with Crippen molar-refractivity contribution in [2.75, 3.05) is 31.3 Å². The summed E-state index contributed by atoms with van der Waals surface area (Å²) in [5.74, 6) is 1.33. The molecule has 0 radical (unpaired) electrons. The van der Waals surface area contributed by atoms with E-state index in [2.05, 4.69) is 6.92 Å². The van der Waals surface area contributed by atoms with Gasteiger partial charge in [-0.15, -0.1) is 11.8 Å². The van der Waals surface area contributed by atoms with Crippen LogP contribution in [0.4, 0.5) is 0 Å². The second-order valence-electron chi connectivity index (χ2n) is 3.60. The lowest BCUT2D eigenvalue weighted by Gasteiger charge is -2.37. The van der Waals surface area contributed by atoms with Crippen molar-refractivity contribution in [2.45, 2.75) is 13.8 Å². The van der Waals surface area contributed by atoms with Gasteiger partial charge in [-0.2, -0.15) is 0 Å². The predicted octanol–water partition coefficient (Wildman–Crippen LogP) is 1.32. The number of carbonyl (C=O) groups is 1. The molecule has 13 heavy (non-hydrogen) atoms. The molecule has 0 bridgehead atoms. The predicted molar refractivity (Wildman–Crippen MR) is 52.9 cm³/mol. The van der Waals surface area contributed by atoms with E-state index in [0.29, 0.717) is 12.4 Å². The van der Waals surface area contributed by atoms with Crippen LogP contribution in [0.2, 0.25) is 0 Å². The van der Waals surface area contributed by atoms with E-state index in [9.17, 15) is 4.79 Å². The van der Waals surface area contributed by atoms with Gasteiger partial charge in [0, 0.05) is 11.2 Å². The lowest BCUT2D eigenvalue weighted by Crippen LogP contribution is -2.42. The summed E-state index contributed by atoms with van der Waals surface area (Å²) in [7, 11) is 0. The highest BCUT2D eigenvalue weighted by Crippen LogP contribution is 2.30. The summed E-state index contributed by atoms with van der Waals surface area (Å²) in [6.45, 7) is 6.11. The maximum absolute atomic E-state index is 11.0. The fourth-order valence-electron chi connectivity index (χ4n) is 1.12. The van der Waals surface area contributed by atoms with Gasteiger partial charge < -0.3 is 9.47 Å². The Kier molecular flexibility index (Phi) is 4.06. The molecule has 0 aromatic heterocycles. The van der Waals surface area contributed by atoms with Gasteiger partial charge in [0.2, 0.25) is 0 Å². The van der Waals surface area contributed by atoms with Crippen molar-refractivity contribution in [3.8, 4) is 0 Å². The molecule has 1 saturated heterocycles. The second kappa shape index (κ2) is 4.86. The van der Waals surface area contributed by atoms with Crippen LogP contribution in [-0.4, -0.2) is 37.3 Å². The highest BCUT2D eigenvalue weighted by atomic mass is 32.2. The number of esters is 1. The molecule has 1 aliphatic heterocycles. The number of hydrogen-bond acceptors (Lipinski definition) is 4. The van der Waals surface area contributed by atoms with Gasteiger partial charge in [-0.1, -0.05) is 6.92 Å². The minimum atomic E-state index is -0.114. The van der Waals surface area contributed by atoms with Crippen LogP contribution < -0.4 is 0 Å². The molecule has 0 spiro atoms. The van der Waals surface area contributed by atoms with E-state index < -0.39 is 0 Å². The van der Waals surface area contributed by atoms with Crippen LogP contribution in [0.25, 0.3) is 0 Å². The molecule has 0 aromatic carbocycles.